The summed E-state index contributed by atoms with van der Waals surface area (Å²) in [7, 11) is 1.54. The number of halogens is 3. The van der Waals surface area contributed by atoms with Crippen LogP contribution in [0.5, 0.6) is 5.75 Å². The molecular formula is C17H20F3NO4. The molecule has 1 aromatic rings. The normalized spacial score (nSPS) is 23.2. The van der Waals surface area contributed by atoms with Crippen LogP contribution >= 0.6 is 0 Å². The minimum atomic E-state index is -4.16. The van der Waals surface area contributed by atoms with Crippen molar-refractivity contribution in [1.29, 1.82) is 0 Å². The largest absolute Gasteiger partial charge is 0.490 e. The Morgan fingerprint density at radius 1 is 1.28 bits per heavy atom. The molecule has 0 bridgehead atoms. The predicted molar refractivity (Wildman–Crippen MR) is 84.0 cm³/mol. The number of nitrogens with zero attached hydrogens (tertiary/aromatic N) is 1. The minimum absolute atomic E-state index is 0.0398. The molecule has 0 saturated carbocycles. The van der Waals surface area contributed by atoms with Crippen LogP contribution in [0.2, 0.25) is 0 Å². The number of amides is 1. The Morgan fingerprint density at radius 2 is 2.08 bits per heavy atom. The third-order valence-electron chi connectivity index (χ3n) is 4.36. The molecule has 1 aromatic carbocycles. The average molecular weight is 359 g/mol. The van der Waals surface area contributed by atoms with E-state index in [0.717, 1.165) is 5.56 Å². The lowest BCUT2D eigenvalue weighted by molar-refractivity contribution is -0.139. The van der Waals surface area contributed by atoms with Crippen LogP contribution < -0.4 is 9.64 Å². The van der Waals surface area contributed by atoms with Crippen LogP contribution in [-0.4, -0.2) is 44.7 Å². The molecule has 0 aromatic heterocycles. The van der Waals surface area contributed by atoms with Gasteiger partial charge in [0, 0.05) is 19.2 Å². The molecule has 1 saturated heterocycles. The van der Waals surface area contributed by atoms with Crippen LogP contribution in [-0.2, 0) is 15.9 Å². The van der Waals surface area contributed by atoms with Crippen LogP contribution in [0.3, 0.4) is 0 Å². The van der Waals surface area contributed by atoms with Crippen molar-refractivity contribution in [2.45, 2.75) is 44.1 Å². The van der Waals surface area contributed by atoms with Crippen molar-refractivity contribution in [2.75, 3.05) is 25.2 Å². The number of carbonyl (C=O) groups is 1. The van der Waals surface area contributed by atoms with Gasteiger partial charge in [0.05, 0.1) is 19.3 Å². The van der Waals surface area contributed by atoms with Crippen molar-refractivity contribution in [3.8, 4) is 5.75 Å². The summed E-state index contributed by atoms with van der Waals surface area (Å²) >= 11 is 0. The Kier molecular flexibility index (Phi) is 5.08. The summed E-state index contributed by atoms with van der Waals surface area (Å²) in [6, 6.07) is 5.27. The number of aryl methyl sites for hydroxylation is 1. The number of cyclic esters (lactones) is 1. The van der Waals surface area contributed by atoms with Crippen LogP contribution in [0.4, 0.5) is 23.7 Å². The minimum Gasteiger partial charge on any atom is -0.490 e. The molecule has 0 aliphatic carbocycles. The van der Waals surface area contributed by atoms with E-state index in [1.54, 1.807) is 19.2 Å². The van der Waals surface area contributed by atoms with Crippen molar-refractivity contribution in [2.24, 2.45) is 0 Å². The highest BCUT2D eigenvalue weighted by Crippen LogP contribution is 2.35. The molecule has 2 aliphatic heterocycles. The SMILES string of the molecule is COC[C@H]1CN(c2ccc3c(c2)CC[C@@H](CCC(F)(F)F)O3)C(=O)O1. The second-order valence-electron chi connectivity index (χ2n) is 6.30. The van der Waals surface area contributed by atoms with Gasteiger partial charge in [0.15, 0.2) is 0 Å². The quantitative estimate of drug-likeness (QED) is 0.804. The summed E-state index contributed by atoms with van der Waals surface area (Å²) in [4.78, 5) is 13.5. The number of hydrogen-bond donors (Lipinski definition) is 0. The summed E-state index contributed by atoms with van der Waals surface area (Å²) in [5.74, 6) is 0.586. The van der Waals surface area contributed by atoms with Gasteiger partial charge in [-0.25, -0.2) is 4.79 Å². The molecule has 25 heavy (non-hydrogen) atoms. The number of ether oxygens (including phenoxy) is 3. The molecule has 3 rings (SSSR count). The highest BCUT2D eigenvalue weighted by atomic mass is 19.4. The van der Waals surface area contributed by atoms with E-state index in [4.69, 9.17) is 14.2 Å². The first-order chi connectivity index (χ1) is 11.9. The maximum absolute atomic E-state index is 12.3. The van der Waals surface area contributed by atoms with Crippen LogP contribution in [0.25, 0.3) is 0 Å². The van der Waals surface area contributed by atoms with Gasteiger partial charge in [-0.05, 0) is 43.0 Å². The van der Waals surface area contributed by atoms with E-state index in [0.29, 0.717) is 37.4 Å². The molecule has 5 nitrogen and oxygen atoms in total. The van der Waals surface area contributed by atoms with Gasteiger partial charge in [-0.1, -0.05) is 0 Å². The number of methoxy groups -OCH3 is 1. The molecule has 2 aliphatic rings. The third-order valence-corrected chi connectivity index (χ3v) is 4.36. The van der Waals surface area contributed by atoms with Crippen molar-refractivity contribution in [1.82, 2.24) is 0 Å². The fourth-order valence-electron chi connectivity index (χ4n) is 3.13. The fourth-order valence-corrected chi connectivity index (χ4v) is 3.13. The number of hydrogen-bond acceptors (Lipinski definition) is 4. The Morgan fingerprint density at radius 3 is 2.80 bits per heavy atom. The smallest absolute Gasteiger partial charge is 0.414 e. The van der Waals surface area contributed by atoms with E-state index in [9.17, 15) is 18.0 Å². The summed E-state index contributed by atoms with van der Waals surface area (Å²) in [6.45, 7) is 0.734. The Bertz CT molecular complexity index is 635. The Balaban J connectivity index is 1.65. The van der Waals surface area contributed by atoms with Gasteiger partial charge in [-0.15, -0.1) is 0 Å². The summed E-state index contributed by atoms with van der Waals surface area (Å²) in [5.41, 5.74) is 1.59. The first-order valence-electron chi connectivity index (χ1n) is 8.19. The molecule has 0 radical (unpaired) electrons. The highest BCUT2D eigenvalue weighted by Gasteiger charge is 2.33. The summed E-state index contributed by atoms with van der Waals surface area (Å²) in [6.07, 6.45) is -5.06. The van der Waals surface area contributed by atoms with E-state index < -0.39 is 24.8 Å². The third kappa shape index (κ3) is 4.36. The van der Waals surface area contributed by atoms with E-state index in [-0.39, 0.29) is 12.5 Å². The standard InChI is InChI=1S/C17H20F3NO4/c1-23-10-14-9-21(16(22)25-14)12-3-5-15-11(8-12)2-4-13(24-15)6-7-17(18,19)20/h3,5,8,13-14H,2,4,6-7,9-10H2,1H3/t13-,14+/m0/s1. The second kappa shape index (κ2) is 7.11. The predicted octanol–water partition coefficient (Wildman–Crippen LogP) is 3.69. The van der Waals surface area contributed by atoms with Crippen LogP contribution in [0.15, 0.2) is 18.2 Å². The Hall–Kier alpha value is -1.96. The fraction of sp³-hybridized carbons (Fsp3) is 0.588. The molecule has 138 valence electrons. The zero-order valence-corrected chi connectivity index (χ0v) is 13.8. The zero-order chi connectivity index (χ0) is 18.0. The molecule has 1 fully saturated rings. The van der Waals surface area contributed by atoms with Crippen molar-refractivity contribution in [3.63, 3.8) is 0 Å². The number of carbonyl (C=O) groups excluding carboxylic acids is 1. The average Bonchev–Trinajstić information content (AvgIpc) is 2.92. The van der Waals surface area contributed by atoms with Gasteiger partial charge in [0.25, 0.3) is 0 Å². The monoisotopic (exact) mass is 359 g/mol. The topological polar surface area (TPSA) is 48.0 Å². The molecule has 0 spiro atoms. The lowest BCUT2D eigenvalue weighted by Gasteiger charge is -2.27. The molecule has 8 heteroatoms. The first-order valence-corrected chi connectivity index (χ1v) is 8.19. The summed E-state index contributed by atoms with van der Waals surface area (Å²) in [5, 5.41) is 0. The second-order valence-corrected chi connectivity index (χ2v) is 6.30. The number of benzene rings is 1. The number of rotatable bonds is 5. The molecule has 0 N–H and O–H groups in total. The van der Waals surface area contributed by atoms with Gasteiger partial charge in [0.1, 0.15) is 11.9 Å². The summed E-state index contributed by atoms with van der Waals surface area (Å²) < 4.78 is 52.9. The van der Waals surface area contributed by atoms with Gasteiger partial charge < -0.3 is 14.2 Å². The van der Waals surface area contributed by atoms with Crippen LogP contribution in [0.1, 0.15) is 24.8 Å². The first kappa shape index (κ1) is 17.8. The molecule has 2 heterocycles. The van der Waals surface area contributed by atoms with E-state index >= 15 is 0 Å². The maximum atomic E-state index is 12.3. The van der Waals surface area contributed by atoms with E-state index in [1.165, 1.54) is 4.90 Å². The maximum Gasteiger partial charge on any atom is 0.414 e. The van der Waals surface area contributed by atoms with Gasteiger partial charge in [-0.2, -0.15) is 13.2 Å². The van der Waals surface area contributed by atoms with E-state index in [2.05, 4.69) is 0 Å². The van der Waals surface area contributed by atoms with Gasteiger partial charge in [-0.3, -0.25) is 4.90 Å². The highest BCUT2D eigenvalue weighted by molar-refractivity contribution is 5.90. The molecule has 1 amide bonds. The van der Waals surface area contributed by atoms with Crippen LogP contribution in [0, 0.1) is 0 Å². The molecule has 2 atom stereocenters. The van der Waals surface area contributed by atoms with Gasteiger partial charge >= 0.3 is 12.3 Å². The van der Waals surface area contributed by atoms with Crippen molar-refractivity contribution >= 4 is 11.8 Å². The van der Waals surface area contributed by atoms with E-state index in [1.807, 2.05) is 6.07 Å². The lowest BCUT2D eigenvalue weighted by Crippen LogP contribution is -2.27. The number of anilines is 1. The van der Waals surface area contributed by atoms with Gasteiger partial charge in [0.2, 0.25) is 0 Å². The Labute approximate surface area is 143 Å². The lowest BCUT2D eigenvalue weighted by atomic mass is 9.98. The van der Waals surface area contributed by atoms with Crippen molar-refractivity contribution < 1.29 is 32.2 Å². The molecular weight excluding hydrogens is 339 g/mol. The number of fused-ring (bicyclic) bond motifs is 1. The number of alkyl halides is 3. The van der Waals surface area contributed by atoms with Crippen molar-refractivity contribution in [3.05, 3.63) is 23.8 Å². The molecule has 0 unspecified atom stereocenters. The zero-order valence-electron chi connectivity index (χ0n) is 13.8.